The molecule has 0 spiro atoms. The van der Waals surface area contributed by atoms with Crippen molar-refractivity contribution < 1.29 is 0 Å². The third-order valence-corrected chi connectivity index (χ3v) is 21.4. The topological polar surface area (TPSA) is 14.8 Å². The maximum absolute atomic E-state index is 2.50. The predicted molar refractivity (Wildman–Crippen MR) is 444 cm³/mol. The second-order valence-corrected chi connectivity index (χ2v) is 27.6. The van der Waals surface area contributed by atoms with E-state index in [-0.39, 0.29) is 0 Å². The van der Waals surface area contributed by atoms with Crippen molar-refractivity contribution in [2.45, 2.75) is 0 Å². The number of aromatic nitrogens is 3. The molecule has 20 rings (SSSR count). The molecule has 3 aromatic heterocycles. The van der Waals surface area contributed by atoms with Crippen molar-refractivity contribution in [2.75, 3.05) is 0 Å². The van der Waals surface area contributed by atoms with Crippen molar-refractivity contribution in [2.24, 2.45) is 0 Å². The lowest BCUT2D eigenvalue weighted by atomic mass is 9.96. The van der Waals surface area contributed by atoms with Gasteiger partial charge in [-0.1, -0.05) is 279 Å². The smallest absolute Gasteiger partial charge is 0.0542 e. The van der Waals surface area contributed by atoms with E-state index in [0.717, 1.165) is 66.5 Å². The van der Waals surface area contributed by atoms with Gasteiger partial charge in [-0.15, -0.1) is 0 Å². The number of hydrogen-bond donors (Lipinski definition) is 0. The summed E-state index contributed by atoms with van der Waals surface area (Å²) >= 11 is 0. The van der Waals surface area contributed by atoms with E-state index in [1.165, 1.54) is 127 Å². The van der Waals surface area contributed by atoms with Gasteiger partial charge in [-0.05, 0) is 239 Å². The van der Waals surface area contributed by atoms with Gasteiger partial charge < -0.3 is 13.7 Å². The first-order valence-electron chi connectivity index (χ1n) is 36.2. The van der Waals surface area contributed by atoms with E-state index in [4.69, 9.17) is 0 Å². The predicted octanol–water partition coefficient (Wildman–Crippen LogP) is 27.6. The summed E-state index contributed by atoms with van der Waals surface area (Å²) in [4.78, 5) is 0. The maximum Gasteiger partial charge on any atom is 0.0542 e. The highest BCUT2D eigenvalue weighted by molar-refractivity contribution is 6.16. The molecule has 0 saturated carbocycles. The Kier molecular flexibility index (Phi) is 14.9. The number of fused-ring (bicyclic) bond motifs is 9. The van der Waals surface area contributed by atoms with Crippen molar-refractivity contribution >= 4 is 65.4 Å². The molecule has 3 nitrogen and oxygen atoms in total. The molecule has 490 valence electrons. The molecule has 0 radical (unpaired) electrons. The van der Waals surface area contributed by atoms with Crippen LogP contribution in [0.15, 0.2) is 406 Å². The van der Waals surface area contributed by atoms with E-state index in [1.54, 1.807) is 0 Å². The summed E-state index contributed by atoms with van der Waals surface area (Å²) in [7, 11) is 0. The Morgan fingerprint density at radius 2 is 0.276 bits per heavy atom. The lowest BCUT2D eigenvalue weighted by Gasteiger charge is -2.13. The molecular formula is C102H67N3. The first-order valence-corrected chi connectivity index (χ1v) is 36.2. The highest BCUT2D eigenvalue weighted by atomic mass is 15.0. The first-order chi connectivity index (χ1) is 52.0. The molecule has 0 aliphatic rings. The van der Waals surface area contributed by atoms with Crippen LogP contribution in [0.1, 0.15) is 0 Å². The molecule has 0 fully saturated rings. The van der Waals surface area contributed by atoms with Gasteiger partial charge in [0.2, 0.25) is 0 Å². The van der Waals surface area contributed by atoms with Crippen LogP contribution in [-0.4, -0.2) is 13.7 Å². The van der Waals surface area contributed by atoms with E-state index in [0.29, 0.717) is 0 Å². The SMILES string of the molecule is c1ccc(-c2cccc(-c3cccc(-n4c5ccc(-n6c7ccc(-c8cccc(-c9ccccc9)c8)cc7c7cc(-c8cccc(-c9ccccc9)c8)ccc76)cc5c5cc(-n6c7ccc(-c8cccc(-c9ccccc9)c8)cc7c7cc(-c8cccc(-c9ccccc9)c8)ccc76)ccc54)c3)c2)cc1. The normalized spacial score (nSPS) is 11.6. The van der Waals surface area contributed by atoms with Crippen LogP contribution in [0.5, 0.6) is 0 Å². The molecule has 0 unspecified atom stereocenters. The fraction of sp³-hybridized carbons (Fsp3) is 0. The minimum Gasteiger partial charge on any atom is -0.309 e. The molecular weight excluding hydrogens is 1270 g/mol. The van der Waals surface area contributed by atoms with E-state index in [9.17, 15) is 0 Å². The van der Waals surface area contributed by atoms with Crippen molar-refractivity contribution in [3.63, 3.8) is 0 Å². The lowest BCUT2D eigenvalue weighted by Crippen LogP contribution is -1.97. The molecule has 0 saturated heterocycles. The Labute approximate surface area is 610 Å². The number of nitrogens with zero attached hydrogens (tertiary/aromatic N) is 3. The minimum absolute atomic E-state index is 1.08. The van der Waals surface area contributed by atoms with Gasteiger partial charge in [-0.25, -0.2) is 0 Å². The highest BCUT2D eigenvalue weighted by Crippen LogP contribution is 2.45. The maximum atomic E-state index is 2.50. The van der Waals surface area contributed by atoms with Gasteiger partial charge in [0.15, 0.2) is 0 Å². The van der Waals surface area contributed by atoms with Gasteiger partial charge in [-0.3, -0.25) is 0 Å². The number of benzene rings is 17. The Balaban J connectivity index is 0.798. The summed E-state index contributed by atoms with van der Waals surface area (Å²) in [5.41, 5.74) is 33.7. The van der Waals surface area contributed by atoms with Gasteiger partial charge in [-0.2, -0.15) is 0 Å². The van der Waals surface area contributed by atoms with Gasteiger partial charge in [0.05, 0.1) is 33.1 Å². The number of hydrogen-bond acceptors (Lipinski definition) is 0. The van der Waals surface area contributed by atoms with E-state index in [1.807, 2.05) is 0 Å². The number of rotatable bonds is 13. The first kappa shape index (κ1) is 61.0. The van der Waals surface area contributed by atoms with Crippen LogP contribution < -0.4 is 0 Å². The van der Waals surface area contributed by atoms with Crippen molar-refractivity contribution in [3.05, 3.63) is 406 Å². The Morgan fingerprint density at radius 3 is 0.524 bits per heavy atom. The highest BCUT2D eigenvalue weighted by Gasteiger charge is 2.22. The van der Waals surface area contributed by atoms with Crippen LogP contribution in [-0.2, 0) is 0 Å². The average molecular weight is 1330 g/mol. The zero-order valence-corrected chi connectivity index (χ0v) is 57.5. The zero-order valence-electron chi connectivity index (χ0n) is 57.5. The summed E-state index contributed by atoms with van der Waals surface area (Å²) in [5, 5.41) is 7.08. The molecule has 105 heavy (non-hydrogen) atoms. The van der Waals surface area contributed by atoms with Crippen LogP contribution in [0.2, 0.25) is 0 Å². The fourth-order valence-corrected chi connectivity index (χ4v) is 16.2. The molecule has 0 aliphatic carbocycles. The summed E-state index contributed by atoms with van der Waals surface area (Å²) in [6, 6.07) is 150. The summed E-state index contributed by atoms with van der Waals surface area (Å²) in [5.74, 6) is 0. The quantitative estimate of drug-likeness (QED) is 0.109. The van der Waals surface area contributed by atoms with E-state index < -0.39 is 0 Å². The van der Waals surface area contributed by atoms with Crippen molar-refractivity contribution in [1.82, 2.24) is 13.7 Å². The van der Waals surface area contributed by atoms with Crippen LogP contribution >= 0.6 is 0 Å². The van der Waals surface area contributed by atoms with Gasteiger partial charge >= 0.3 is 0 Å². The molecule has 3 heteroatoms. The van der Waals surface area contributed by atoms with Gasteiger partial charge in [0.25, 0.3) is 0 Å². The molecule has 17 aromatic carbocycles. The summed E-state index contributed by atoms with van der Waals surface area (Å²) in [6.45, 7) is 0. The minimum atomic E-state index is 1.08. The second kappa shape index (κ2) is 25.6. The Morgan fingerprint density at radius 1 is 0.105 bits per heavy atom. The standard InChI is InChI=1S/C102H67N3/c1-6-22-68(23-7-1)73-32-16-37-78(56-73)83-42-21-43-88(61-83)103-101-54-48-89(104-97-50-44-84(79-38-17-33-74(57-79)69-24-8-2-9-25-69)62-91(97)92-63-85(45-51-98(92)104)80-39-18-34-75(58-80)70-26-10-3-11-27-70)66-95(101)96-67-90(49-55-102(96)103)105-99-52-46-86(81-40-19-35-76(59-81)71-28-12-4-13-29-71)64-93(99)94-65-87(47-53-100(94)105)82-41-20-36-77(60-82)72-30-14-5-15-31-72/h1-67H. The molecule has 20 aromatic rings. The molecule has 0 aliphatic heterocycles. The lowest BCUT2D eigenvalue weighted by molar-refractivity contribution is 1.16. The summed E-state index contributed by atoms with van der Waals surface area (Å²) < 4.78 is 7.48. The van der Waals surface area contributed by atoms with Crippen LogP contribution in [0.25, 0.3) is 194 Å². The van der Waals surface area contributed by atoms with Crippen LogP contribution in [0.4, 0.5) is 0 Å². The third kappa shape index (κ3) is 11.0. The van der Waals surface area contributed by atoms with Crippen LogP contribution in [0, 0.1) is 0 Å². The van der Waals surface area contributed by atoms with E-state index in [2.05, 4.69) is 420 Å². The molecule has 0 amide bonds. The third-order valence-electron chi connectivity index (χ3n) is 21.4. The molecule has 0 atom stereocenters. The average Bonchev–Trinajstić information content (AvgIpc) is 1.56. The Bertz CT molecular complexity index is 6110. The molecule has 0 bridgehead atoms. The van der Waals surface area contributed by atoms with Crippen LogP contribution in [0.3, 0.4) is 0 Å². The zero-order chi connectivity index (χ0) is 69.3. The van der Waals surface area contributed by atoms with Crippen molar-refractivity contribution in [3.8, 4) is 128 Å². The Hall–Kier alpha value is -13.9. The largest absolute Gasteiger partial charge is 0.309 e. The second-order valence-electron chi connectivity index (χ2n) is 27.6. The van der Waals surface area contributed by atoms with Gasteiger partial charge in [0.1, 0.15) is 0 Å². The van der Waals surface area contributed by atoms with Gasteiger partial charge in [0, 0.05) is 49.4 Å². The van der Waals surface area contributed by atoms with E-state index >= 15 is 0 Å². The monoisotopic (exact) mass is 1330 g/mol. The fourth-order valence-electron chi connectivity index (χ4n) is 16.2. The molecule has 0 N–H and O–H groups in total. The molecule has 3 heterocycles. The summed E-state index contributed by atoms with van der Waals surface area (Å²) in [6.07, 6.45) is 0. The van der Waals surface area contributed by atoms with Crippen molar-refractivity contribution in [1.29, 1.82) is 0 Å².